The van der Waals surface area contributed by atoms with E-state index in [0.717, 1.165) is 21.4 Å². The second kappa shape index (κ2) is 3.32. The molecular weight excluding hydrogens is 216 g/mol. The van der Waals surface area contributed by atoms with E-state index in [9.17, 15) is 0 Å². The van der Waals surface area contributed by atoms with E-state index in [1.807, 2.05) is 6.92 Å². The summed E-state index contributed by atoms with van der Waals surface area (Å²) in [4.78, 5) is 3.19. The van der Waals surface area contributed by atoms with Crippen molar-refractivity contribution in [2.45, 2.75) is 26.7 Å². The van der Waals surface area contributed by atoms with Crippen LogP contribution < -0.4 is 0 Å². The Kier molecular flexibility index (Phi) is 2.58. The van der Waals surface area contributed by atoms with Crippen molar-refractivity contribution in [2.75, 3.05) is 0 Å². The zero-order valence-electron chi connectivity index (χ0n) is 7.40. The van der Waals surface area contributed by atoms with Gasteiger partial charge in [-0.1, -0.05) is 13.8 Å². The topological polar surface area (TPSA) is 39.6 Å². The van der Waals surface area contributed by atoms with Gasteiger partial charge in [-0.05, 0) is 28.8 Å². The molecule has 1 heterocycles. The summed E-state index contributed by atoms with van der Waals surface area (Å²) in [5.74, 6) is 0.417. The lowest BCUT2D eigenvalue weighted by Gasteiger charge is -2.01. The Hall–Kier alpha value is -0.750. The van der Waals surface area contributed by atoms with Crippen LogP contribution in [0.25, 0.3) is 0 Å². The average Bonchev–Trinajstić information content (AvgIpc) is 2.27. The third-order valence-electron chi connectivity index (χ3n) is 1.84. The van der Waals surface area contributed by atoms with E-state index in [-0.39, 0.29) is 0 Å². The van der Waals surface area contributed by atoms with Gasteiger partial charge >= 0.3 is 0 Å². The number of nitriles is 1. The monoisotopic (exact) mass is 226 g/mol. The maximum Gasteiger partial charge on any atom is 0.102 e. The van der Waals surface area contributed by atoms with E-state index in [4.69, 9.17) is 5.26 Å². The van der Waals surface area contributed by atoms with E-state index in [1.165, 1.54) is 0 Å². The van der Waals surface area contributed by atoms with Crippen molar-refractivity contribution >= 4 is 15.9 Å². The number of hydrogen-bond acceptors (Lipinski definition) is 1. The number of aromatic nitrogens is 1. The first-order chi connectivity index (χ1) is 5.57. The Bertz CT molecular complexity index is 331. The molecule has 1 aromatic heterocycles. The highest BCUT2D eigenvalue weighted by Gasteiger charge is 2.14. The number of rotatable bonds is 1. The smallest absolute Gasteiger partial charge is 0.102 e. The molecule has 2 nitrogen and oxygen atoms in total. The van der Waals surface area contributed by atoms with Crippen LogP contribution in [0.15, 0.2) is 4.47 Å². The van der Waals surface area contributed by atoms with Crippen LogP contribution in [-0.4, -0.2) is 4.98 Å². The van der Waals surface area contributed by atoms with Crippen LogP contribution >= 0.6 is 15.9 Å². The fourth-order valence-electron chi connectivity index (χ4n) is 1.15. The molecule has 1 rings (SSSR count). The molecule has 0 fully saturated rings. The summed E-state index contributed by atoms with van der Waals surface area (Å²) in [5.41, 5.74) is 2.76. The first kappa shape index (κ1) is 9.34. The van der Waals surface area contributed by atoms with Gasteiger partial charge in [0.15, 0.2) is 0 Å². The number of aromatic amines is 1. The van der Waals surface area contributed by atoms with Crippen LogP contribution in [0, 0.1) is 18.3 Å². The fraction of sp³-hybridized carbons (Fsp3) is 0.444. The van der Waals surface area contributed by atoms with Crippen molar-refractivity contribution in [2.24, 2.45) is 0 Å². The largest absolute Gasteiger partial charge is 0.360 e. The van der Waals surface area contributed by atoms with Gasteiger partial charge in [0.05, 0.1) is 10.0 Å². The summed E-state index contributed by atoms with van der Waals surface area (Å²) in [6.45, 7) is 6.10. The molecule has 0 spiro atoms. The van der Waals surface area contributed by atoms with Crippen molar-refractivity contribution < 1.29 is 0 Å². The molecule has 0 radical (unpaired) electrons. The third-order valence-corrected chi connectivity index (χ3v) is 2.67. The Balaban J connectivity index is 3.29. The highest BCUT2D eigenvalue weighted by molar-refractivity contribution is 9.10. The Morgan fingerprint density at radius 3 is 2.33 bits per heavy atom. The molecule has 0 aliphatic carbocycles. The molecule has 1 N–H and O–H groups in total. The second-order valence-electron chi connectivity index (χ2n) is 3.12. The van der Waals surface area contributed by atoms with Crippen molar-refractivity contribution in [3.63, 3.8) is 0 Å². The number of aryl methyl sites for hydroxylation is 1. The minimum atomic E-state index is 0.417. The van der Waals surface area contributed by atoms with Crippen LogP contribution in [0.4, 0.5) is 0 Å². The molecule has 12 heavy (non-hydrogen) atoms. The van der Waals surface area contributed by atoms with Gasteiger partial charge in [-0.3, -0.25) is 0 Å². The minimum absolute atomic E-state index is 0.417. The molecule has 0 atom stereocenters. The third kappa shape index (κ3) is 1.39. The van der Waals surface area contributed by atoms with Crippen LogP contribution in [0.2, 0.25) is 0 Å². The van der Waals surface area contributed by atoms with Gasteiger partial charge in [0, 0.05) is 11.4 Å². The summed E-state index contributed by atoms with van der Waals surface area (Å²) < 4.78 is 0.914. The SMILES string of the molecule is Cc1[nH]c(C(C)C)c(Br)c1C#N. The lowest BCUT2D eigenvalue weighted by molar-refractivity contribution is 0.824. The molecule has 0 bridgehead atoms. The average molecular weight is 227 g/mol. The summed E-state index contributed by atoms with van der Waals surface area (Å²) in [6, 6.07) is 2.16. The number of nitrogens with zero attached hydrogens (tertiary/aromatic N) is 1. The molecule has 64 valence electrons. The molecule has 3 heteroatoms. The van der Waals surface area contributed by atoms with Gasteiger partial charge in [0.1, 0.15) is 6.07 Å². The molecule has 0 aliphatic heterocycles. The Morgan fingerprint density at radius 2 is 2.08 bits per heavy atom. The van der Waals surface area contributed by atoms with Crippen LogP contribution in [0.3, 0.4) is 0 Å². The number of halogens is 1. The van der Waals surface area contributed by atoms with Crippen molar-refractivity contribution in [3.05, 3.63) is 21.4 Å². The quantitative estimate of drug-likeness (QED) is 0.786. The zero-order chi connectivity index (χ0) is 9.30. The molecule has 0 saturated carbocycles. The molecule has 0 saturated heterocycles. The van der Waals surface area contributed by atoms with E-state index < -0.39 is 0 Å². The summed E-state index contributed by atoms with van der Waals surface area (Å²) in [5, 5.41) is 8.79. The van der Waals surface area contributed by atoms with Gasteiger partial charge in [-0.25, -0.2) is 0 Å². The van der Waals surface area contributed by atoms with E-state index in [2.05, 4.69) is 40.8 Å². The predicted molar refractivity (Wildman–Crippen MR) is 52.0 cm³/mol. The number of H-pyrrole nitrogens is 1. The highest BCUT2D eigenvalue weighted by atomic mass is 79.9. The highest BCUT2D eigenvalue weighted by Crippen LogP contribution is 2.29. The van der Waals surface area contributed by atoms with Gasteiger partial charge in [0.25, 0.3) is 0 Å². The Labute approximate surface area is 80.7 Å². The molecule has 1 aromatic rings. The van der Waals surface area contributed by atoms with Gasteiger partial charge in [-0.2, -0.15) is 5.26 Å². The van der Waals surface area contributed by atoms with E-state index >= 15 is 0 Å². The van der Waals surface area contributed by atoms with Gasteiger partial charge in [-0.15, -0.1) is 0 Å². The normalized spacial score (nSPS) is 10.3. The lowest BCUT2D eigenvalue weighted by atomic mass is 10.1. The number of nitrogens with one attached hydrogen (secondary N) is 1. The summed E-state index contributed by atoms with van der Waals surface area (Å²) in [7, 11) is 0. The maximum atomic E-state index is 8.79. The maximum absolute atomic E-state index is 8.79. The lowest BCUT2D eigenvalue weighted by Crippen LogP contribution is -1.87. The van der Waals surface area contributed by atoms with Crippen molar-refractivity contribution in [3.8, 4) is 6.07 Å². The molecule has 0 aliphatic rings. The van der Waals surface area contributed by atoms with Gasteiger partial charge < -0.3 is 4.98 Å². The molecule has 0 aromatic carbocycles. The first-order valence-corrected chi connectivity index (χ1v) is 4.65. The van der Waals surface area contributed by atoms with Gasteiger partial charge in [0.2, 0.25) is 0 Å². The molecule has 0 unspecified atom stereocenters. The molecule has 0 amide bonds. The second-order valence-corrected chi connectivity index (χ2v) is 3.91. The minimum Gasteiger partial charge on any atom is -0.360 e. The first-order valence-electron chi connectivity index (χ1n) is 3.86. The standard InChI is InChI=1S/C9H11BrN2/c1-5(2)9-8(10)7(4-11)6(3)12-9/h5,12H,1-3H3. The van der Waals surface area contributed by atoms with Crippen LogP contribution in [0.5, 0.6) is 0 Å². The number of hydrogen-bond donors (Lipinski definition) is 1. The summed E-state index contributed by atoms with van der Waals surface area (Å²) in [6.07, 6.45) is 0. The summed E-state index contributed by atoms with van der Waals surface area (Å²) >= 11 is 3.41. The predicted octanol–water partition coefficient (Wildman–Crippen LogP) is 3.08. The van der Waals surface area contributed by atoms with Crippen molar-refractivity contribution in [1.29, 1.82) is 5.26 Å². The van der Waals surface area contributed by atoms with Crippen molar-refractivity contribution in [1.82, 2.24) is 4.98 Å². The van der Waals surface area contributed by atoms with Crippen LogP contribution in [-0.2, 0) is 0 Å². The zero-order valence-corrected chi connectivity index (χ0v) is 8.99. The fourth-order valence-corrected chi connectivity index (χ4v) is 2.09. The van der Waals surface area contributed by atoms with Crippen LogP contribution in [0.1, 0.15) is 36.7 Å². The molecular formula is C9H11BrN2. The van der Waals surface area contributed by atoms with E-state index in [1.54, 1.807) is 0 Å². The Morgan fingerprint density at radius 1 is 1.50 bits per heavy atom. The van der Waals surface area contributed by atoms with E-state index in [0.29, 0.717) is 5.92 Å².